The number of nitrogens with zero attached hydrogens (tertiary/aromatic N) is 1. The minimum Gasteiger partial charge on any atom is -0.444 e. The Labute approximate surface area is 179 Å². The molecule has 1 saturated carbocycles. The fraction of sp³-hybridized carbons (Fsp3) is 0.600. The molecule has 1 fully saturated rings. The lowest BCUT2D eigenvalue weighted by atomic mass is 9.96. The number of alkyl carbamates (subject to hydrolysis) is 1. The molecule has 0 aliphatic heterocycles. The highest BCUT2D eigenvalue weighted by Gasteiger charge is 2.43. The van der Waals surface area contributed by atoms with Crippen molar-refractivity contribution in [1.82, 2.24) is 16.0 Å². The SMILES string of the molecule is CN=C(NCCCNC(=O)OC(C)(C)C)NCC1(c2ccccc2)CC1.I. The first-order valence-corrected chi connectivity index (χ1v) is 9.32. The van der Waals surface area contributed by atoms with Crippen LogP contribution in [0.3, 0.4) is 0 Å². The molecule has 0 aromatic heterocycles. The third-order valence-electron chi connectivity index (χ3n) is 4.37. The third kappa shape index (κ3) is 8.36. The summed E-state index contributed by atoms with van der Waals surface area (Å²) in [5.41, 5.74) is 1.17. The van der Waals surface area contributed by atoms with E-state index in [1.807, 2.05) is 20.8 Å². The maximum atomic E-state index is 11.6. The third-order valence-corrected chi connectivity index (χ3v) is 4.37. The lowest BCUT2D eigenvalue weighted by Gasteiger charge is -2.20. The average Bonchev–Trinajstić information content (AvgIpc) is 3.38. The number of carbonyl (C=O) groups is 1. The largest absolute Gasteiger partial charge is 0.444 e. The summed E-state index contributed by atoms with van der Waals surface area (Å²) in [6.45, 7) is 7.73. The number of rotatable bonds is 7. The van der Waals surface area contributed by atoms with Gasteiger partial charge in [0, 0.05) is 32.1 Å². The van der Waals surface area contributed by atoms with Gasteiger partial charge in [0.25, 0.3) is 0 Å². The molecule has 7 heteroatoms. The Morgan fingerprint density at radius 3 is 2.30 bits per heavy atom. The van der Waals surface area contributed by atoms with Crippen LogP contribution in [0, 0.1) is 0 Å². The zero-order valence-electron chi connectivity index (χ0n) is 16.8. The van der Waals surface area contributed by atoms with E-state index in [0.717, 1.165) is 25.5 Å². The quantitative estimate of drug-likeness (QED) is 0.238. The van der Waals surface area contributed by atoms with Gasteiger partial charge in [0.15, 0.2) is 5.96 Å². The molecule has 2 rings (SSSR count). The van der Waals surface area contributed by atoms with Crippen LogP contribution < -0.4 is 16.0 Å². The Hall–Kier alpha value is -1.51. The number of aliphatic imine (C=N–C) groups is 1. The minimum atomic E-state index is -0.466. The average molecular weight is 488 g/mol. The summed E-state index contributed by atoms with van der Waals surface area (Å²) in [4.78, 5) is 15.9. The molecule has 1 aromatic carbocycles. The lowest BCUT2D eigenvalue weighted by molar-refractivity contribution is 0.0527. The van der Waals surface area contributed by atoms with Gasteiger partial charge in [-0.25, -0.2) is 4.79 Å². The molecule has 1 amide bonds. The summed E-state index contributed by atoms with van der Waals surface area (Å²) in [7, 11) is 1.77. The zero-order valence-corrected chi connectivity index (χ0v) is 19.1. The van der Waals surface area contributed by atoms with Gasteiger partial charge in [0.05, 0.1) is 0 Å². The van der Waals surface area contributed by atoms with Crippen LogP contribution in [0.2, 0.25) is 0 Å². The summed E-state index contributed by atoms with van der Waals surface area (Å²) in [6.07, 6.45) is 2.84. The Kier molecular flexibility index (Phi) is 9.35. The second kappa shape index (κ2) is 10.7. The molecule has 1 aliphatic carbocycles. The molecule has 152 valence electrons. The maximum absolute atomic E-state index is 11.6. The number of carbonyl (C=O) groups excluding carboxylic acids is 1. The highest BCUT2D eigenvalue weighted by Crippen LogP contribution is 2.47. The number of amides is 1. The van der Waals surface area contributed by atoms with E-state index in [0.29, 0.717) is 6.54 Å². The first-order valence-electron chi connectivity index (χ1n) is 9.32. The van der Waals surface area contributed by atoms with Crippen LogP contribution in [-0.2, 0) is 10.2 Å². The lowest BCUT2D eigenvalue weighted by Crippen LogP contribution is -2.42. The number of benzene rings is 1. The van der Waals surface area contributed by atoms with Crippen LogP contribution in [0.1, 0.15) is 45.6 Å². The van der Waals surface area contributed by atoms with E-state index in [9.17, 15) is 4.79 Å². The zero-order chi connectivity index (χ0) is 19.0. The molecule has 0 radical (unpaired) electrons. The monoisotopic (exact) mass is 488 g/mol. The summed E-state index contributed by atoms with van der Waals surface area (Å²) in [5, 5.41) is 9.48. The van der Waals surface area contributed by atoms with E-state index in [1.165, 1.54) is 18.4 Å². The topological polar surface area (TPSA) is 74.8 Å². The number of hydrogen-bond donors (Lipinski definition) is 3. The van der Waals surface area contributed by atoms with Crippen LogP contribution >= 0.6 is 24.0 Å². The molecule has 0 saturated heterocycles. The molecule has 0 heterocycles. The number of halogens is 1. The van der Waals surface area contributed by atoms with Crippen molar-refractivity contribution in [3.63, 3.8) is 0 Å². The van der Waals surface area contributed by atoms with Crippen molar-refractivity contribution < 1.29 is 9.53 Å². The smallest absolute Gasteiger partial charge is 0.407 e. The van der Waals surface area contributed by atoms with Crippen molar-refractivity contribution in [2.75, 3.05) is 26.7 Å². The number of hydrogen-bond acceptors (Lipinski definition) is 3. The van der Waals surface area contributed by atoms with Gasteiger partial charge in [0.2, 0.25) is 0 Å². The molecule has 0 spiro atoms. The molecular weight excluding hydrogens is 455 g/mol. The van der Waals surface area contributed by atoms with Gasteiger partial charge in [-0.3, -0.25) is 4.99 Å². The summed E-state index contributed by atoms with van der Waals surface area (Å²) in [5.74, 6) is 0.796. The Morgan fingerprint density at radius 1 is 1.11 bits per heavy atom. The molecule has 1 aliphatic rings. The molecule has 1 aromatic rings. The first-order chi connectivity index (χ1) is 12.3. The van der Waals surface area contributed by atoms with Crippen molar-refractivity contribution >= 4 is 36.0 Å². The molecule has 3 N–H and O–H groups in total. The van der Waals surface area contributed by atoms with E-state index >= 15 is 0 Å². The summed E-state index contributed by atoms with van der Waals surface area (Å²) >= 11 is 0. The molecular formula is C20H33IN4O2. The number of guanidine groups is 1. The van der Waals surface area contributed by atoms with Crippen LogP contribution in [0.5, 0.6) is 0 Å². The van der Waals surface area contributed by atoms with Crippen molar-refractivity contribution in [2.45, 2.75) is 51.0 Å². The second-order valence-electron chi connectivity index (χ2n) is 7.78. The van der Waals surface area contributed by atoms with Gasteiger partial charge >= 0.3 is 6.09 Å². The maximum Gasteiger partial charge on any atom is 0.407 e. The van der Waals surface area contributed by atoms with Crippen molar-refractivity contribution in [1.29, 1.82) is 0 Å². The van der Waals surface area contributed by atoms with Gasteiger partial charge in [-0.15, -0.1) is 24.0 Å². The second-order valence-corrected chi connectivity index (χ2v) is 7.78. The normalized spacial score (nSPS) is 15.3. The fourth-order valence-electron chi connectivity index (χ4n) is 2.78. The van der Waals surface area contributed by atoms with E-state index in [-0.39, 0.29) is 35.5 Å². The van der Waals surface area contributed by atoms with Gasteiger partial charge < -0.3 is 20.7 Å². The molecule has 0 atom stereocenters. The summed E-state index contributed by atoms with van der Waals surface area (Å²) in [6, 6.07) is 10.7. The summed E-state index contributed by atoms with van der Waals surface area (Å²) < 4.78 is 5.21. The Morgan fingerprint density at radius 2 is 1.74 bits per heavy atom. The van der Waals surface area contributed by atoms with Crippen molar-refractivity contribution in [3.05, 3.63) is 35.9 Å². The van der Waals surface area contributed by atoms with E-state index < -0.39 is 5.60 Å². The fourth-order valence-corrected chi connectivity index (χ4v) is 2.78. The van der Waals surface area contributed by atoms with E-state index in [1.54, 1.807) is 7.05 Å². The van der Waals surface area contributed by atoms with Crippen LogP contribution in [-0.4, -0.2) is 44.3 Å². The van der Waals surface area contributed by atoms with Crippen LogP contribution in [0.4, 0.5) is 4.79 Å². The Balaban J connectivity index is 0.00000364. The number of nitrogens with one attached hydrogen (secondary N) is 3. The van der Waals surface area contributed by atoms with Gasteiger partial charge in [-0.05, 0) is 45.6 Å². The number of ether oxygens (including phenoxy) is 1. The highest BCUT2D eigenvalue weighted by atomic mass is 127. The standard InChI is InChI=1S/C20H32N4O2.HI/c1-19(2,3)26-18(25)23-14-8-13-22-17(21-4)24-15-20(11-12-20)16-9-6-5-7-10-16;/h5-7,9-10H,8,11-15H2,1-4H3,(H,23,25)(H2,21,22,24);1H. The molecule has 0 unspecified atom stereocenters. The first kappa shape index (κ1) is 23.5. The van der Waals surface area contributed by atoms with Gasteiger partial charge in [-0.1, -0.05) is 30.3 Å². The van der Waals surface area contributed by atoms with E-state index in [2.05, 4.69) is 51.3 Å². The van der Waals surface area contributed by atoms with Crippen molar-refractivity contribution in [2.24, 2.45) is 4.99 Å². The van der Waals surface area contributed by atoms with E-state index in [4.69, 9.17) is 4.74 Å². The molecule has 0 bridgehead atoms. The van der Waals surface area contributed by atoms with Crippen LogP contribution in [0.15, 0.2) is 35.3 Å². The predicted molar refractivity (Wildman–Crippen MR) is 121 cm³/mol. The molecule has 6 nitrogen and oxygen atoms in total. The molecule has 27 heavy (non-hydrogen) atoms. The minimum absolute atomic E-state index is 0. The van der Waals surface area contributed by atoms with Gasteiger partial charge in [0.1, 0.15) is 5.60 Å². The predicted octanol–water partition coefficient (Wildman–Crippen LogP) is 3.42. The Bertz CT molecular complexity index is 610. The van der Waals surface area contributed by atoms with Crippen LogP contribution in [0.25, 0.3) is 0 Å². The van der Waals surface area contributed by atoms with Crippen molar-refractivity contribution in [3.8, 4) is 0 Å². The van der Waals surface area contributed by atoms with Gasteiger partial charge in [-0.2, -0.15) is 0 Å². The highest BCUT2D eigenvalue weighted by molar-refractivity contribution is 14.0.